The van der Waals surface area contributed by atoms with E-state index in [0.717, 1.165) is 16.5 Å². The molecular formula is C13H16N2O2. The monoisotopic (exact) mass is 232 g/mol. The third-order valence-corrected chi connectivity index (χ3v) is 2.54. The van der Waals surface area contributed by atoms with Gasteiger partial charge in [0.15, 0.2) is 0 Å². The Morgan fingerprint density at radius 3 is 3.00 bits per heavy atom. The van der Waals surface area contributed by atoms with Crippen molar-refractivity contribution >= 4 is 16.9 Å². The second-order valence-electron chi connectivity index (χ2n) is 4.22. The molecule has 90 valence electrons. The van der Waals surface area contributed by atoms with Crippen molar-refractivity contribution in [2.45, 2.75) is 25.9 Å². The van der Waals surface area contributed by atoms with Gasteiger partial charge in [-0.05, 0) is 13.0 Å². The van der Waals surface area contributed by atoms with E-state index in [2.05, 4.69) is 5.32 Å². The zero-order valence-corrected chi connectivity index (χ0v) is 9.77. The lowest BCUT2D eigenvalue weighted by Gasteiger charge is -2.06. The molecule has 0 saturated carbocycles. The molecule has 0 fully saturated rings. The van der Waals surface area contributed by atoms with E-state index in [4.69, 9.17) is 10.2 Å². The SMILES string of the molecule is CC(N)CC(=O)NCc1coc2ccccc12. The van der Waals surface area contributed by atoms with E-state index in [1.54, 1.807) is 6.26 Å². The zero-order chi connectivity index (χ0) is 12.3. The first kappa shape index (κ1) is 11.7. The summed E-state index contributed by atoms with van der Waals surface area (Å²) < 4.78 is 5.39. The number of rotatable bonds is 4. The Bertz CT molecular complexity index is 517. The Labute approximate surface area is 99.8 Å². The van der Waals surface area contributed by atoms with Gasteiger partial charge in [0.2, 0.25) is 5.91 Å². The Morgan fingerprint density at radius 2 is 2.24 bits per heavy atom. The van der Waals surface area contributed by atoms with Gasteiger partial charge in [0.05, 0.1) is 6.26 Å². The normalized spacial score (nSPS) is 12.6. The van der Waals surface area contributed by atoms with Gasteiger partial charge in [0, 0.05) is 30.0 Å². The highest BCUT2D eigenvalue weighted by Gasteiger charge is 2.08. The fourth-order valence-electron chi connectivity index (χ4n) is 1.73. The van der Waals surface area contributed by atoms with Crippen molar-refractivity contribution in [3.63, 3.8) is 0 Å². The van der Waals surface area contributed by atoms with Crippen molar-refractivity contribution in [1.82, 2.24) is 5.32 Å². The molecule has 0 saturated heterocycles. The highest BCUT2D eigenvalue weighted by molar-refractivity contribution is 5.82. The number of amides is 1. The van der Waals surface area contributed by atoms with Crippen LogP contribution in [0.5, 0.6) is 0 Å². The molecule has 1 atom stereocenters. The number of furan rings is 1. The van der Waals surface area contributed by atoms with Gasteiger partial charge in [0.1, 0.15) is 5.58 Å². The maximum absolute atomic E-state index is 11.5. The van der Waals surface area contributed by atoms with Gasteiger partial charge in [0.25, 0.3) is 0 Å². The Kier molecular flexibility index (Phi) is 3.44. The number of hydrogen-bond acceptors (Lipinski definition) is 3. The quantitative estimate of drug-likeness (QED) is 0.844. The smallest absolute Gasteiger partial charge is 0.221 e. The number of carbonyl (C=O) groups excluding carboxylic acids is 1. The molecule has 0 aliphatic carbocycles. The zero-order valence-electron chi connectivity index (χ0n) is 9.77. The second kappa shape index (κ2) is 5.01. The van der Waals surface area contributed by atoms with Gasteiger partial charge in [-0.25, -0.2) is 0 Å². The Morgan fingerprint density at radius 1 is 1.47 bits per heavy atom. The highest BCUT2D eigenvalue weighted by atomic mass is 16.3. The molecule has 17 heavy (non-hydrogen) atoms. The van der Waals surface area contributed by atoms with Crippen LogP contribution in [0.3, 0.4) is 0 Å². The maximum Gasteiger partial charge on any atom is 0.221 e. The lowest BCUT2D eigenvalue weighted by Crippen LogP contribution is -2.29. The summed E-state index contributed by atoms with van der Waals surface area (Å²) in [6, 6.07) is 7.64. The predicted octanol–water partition coefficient (Wildman–Crippen LogP) is 1.79. The summed E-state index contributed by atoms with van der Waals surface area (Å²) in [5.41, 5.74) is 7.38. The van der Waals surface area contributed by atoms with Crippen molar-refractivity contribution in [2.75, 3.05) is 0 Å². The van der Waals surface area contributed by atoms with E-state index < -0.39 is 0 Å². The largest absolute Gasteiger partial charge is 0.464 e. The van der Waals surface area contributed by atoms with Crippen LogP contribution in [-0.4, -0.2) is 11.9 Å². The summed E-state index contributed by atoms with van der Waals surface area (Å²) in [6.45, 7) is 2.29. The van der Waals surface area contributed by atoms with Crippen LogP contribution < -0.4 is 11.1 Å². The molecule has 2 rings (SSSR count). The summed E-state index contributed by atoms with van der Waals surface area (Å²) in [5, 5.41) is 3.87. The Balaban J connectivity index is 2.02. The first-order valence-corrected chi connectivity index (χ1v) is 5.64. The van der Waals surface area contributed by atoms with Crippen LogP contribution in [0.4, 0.5) is 0 Å². The van der Waals surface area contributed by atoms with Gasteiger partial charge in [-0.15, -0.1) is 0 Å². The molecule has 0 radical (unpaired) electrons. The summed E-state index contributed by atoms with van der Waals surface area (Å²) in [5.74, 6) is -0.0368. The third-order valence-electron chi connectivity index (χ3n) is 2.54. The number of benzene rings is 1. The molecule has 1 heterocycles. The second-order valence-corrected chi connectivity index (χ2v) is 4.22. The molecule has 1 aromatic heterocycles. The third kappa shape index (κ3) is 2.85. The minimum atomic E-state index is -0.115. The topological polar surface area (TPSA) is 68.3 Å². The fourth-order valence-corrected chi connectivity index (χ4v) is 1.73. The molecule has 1 unspecified atom stereocenters. The fraction of sp³-hybridized carbons (Fsp3) is 0.308. The number of fused-ring (bicyclic) bond motifs is 1. The van der Waals surface area contributed by atoms with E-state index in [1.165, 1.54) is 0 Å². The van der Waals surface area contributed by atoms with E-state index in [9.17, 15) is 4.79 Å². The molecule has 0 aliphatic rings. The van der Waals surface area contributed by atoms with Crippen molar-refractivity contribution in [3.05, 3.63) is 36.1 Å². The Hall–Kier alpha value is -1.81. The van der Waals surface area contributed by atoms with Crippen molar-refractivity contribution in [2.24, 2.45) is 5.73 Å². The number of para-hydroxylation sites is 1. The lowest BCUT2D eigenvalue weighted by molar-refractivity contribution is -0.121. The van der Waals surface area contributed by atoms with Gasteiger partial charge >= 0.3 is 0 Å². The number of nitrogens with two attached hydrogens (primary N) is 1. The molecule has 4 heteroatoms. The van der Waals surface area contributed by atoms with E-state index in [-0.39, 0.29) is 11.9 Å². The predicted molar refractivity (Wildman–Crippen MR) is 66.3 cm³/mol. The van der Waals surface area contributed by atoms with Crippen LogP contribution in [0.1, 0.15) is 18.9 Å². The molecule has 0 spiro atoms. The van der Waals surface area contributed by atoms with Crippen LogP contribution in [-0.2, 0) is 11.3 Å². The van der Waals surface area contributed by atoms with Crippen LogP contribution in [0.2, 0.25) is 0 Å². The van der Waals surface area contributed by atoms with Crippen molar-refractivity contribution < 1.29 is 9.21 Å². The minimum Gasteiger partial charge on any atom is -0.464 e. The standard InChI is InChI=1S/C13H16N2O2/c1-9(14)6-13(16)15-7-10-8-17-12-5-3-2-4-11(10)12/h2-5,8-9H,6-7,14H2,1H3,(H,15,16). The van der Waals surface area contributed by atoms with E-state index in [1.807, 2.05) is 31.2 Å². The lowest BCUT2D eigenvalue weighted by atomic mass is 10.1. The van der Waals surface area contributed by atoms with Crippen LogP contribution in [0, 0.1) is 0 Å². The van der Waals surface area contributed by atoms with Gasteiger partial charge in [-0.3, -0.25) is 4.79 Å². The average molecular weight is 232 g/mol. The number of carbonyl (C=O) groups is 1. The van der Waals surface area contributed by atoms with E-state index in [0.29, 0.717) is 13.0 Å². The molecule has 1 aromatic carbocycles. The van der Waals surface area contributed by atoms with Crippen molar-refractivity contribution in [1.29, 1.82) is 0 Å². The minimum absolute atomic E-state index is 0.0368. The van der Waals surface area contributed by atoms with Gasteiger partial charge in [-0.1, -0.05) is 18.2 Å². The first-order chi connectivity index (χ1) is 8.16. The molecule has 1 amide bonds. The summed E-state index contributed by atoms with van der Waals surface area (Å²) in [4.78, 5) is 11.5. The average Bonchev–Trinajstić information content (AvgIpc) is 2.69. The van der Waals surface area contributed by atoms with Crippen LogP contribution in [0.25, 0.3) is 11.0 Å². The number of nitrogens with one attached hydrogen (secondary N) is 1. The van der Waals surface area contributed by atoms with Gasteiger partial charge in [-0.2, -0.15) is 0 Å². The molecule has 4 nitrogen and oxygen atoms in total. The molecule has 2 aromatic rings. The summed E-state index contributed by atoms with van der Waals surface area (Å²) >= 11 is 0. The summed E-state index contributed by atoms with van der Waals surface area (Å²) in [6.07, 6.45) is 2.02. The van der Waals surface area contributed by atoms with Crippen molar-refractivity contribution in [3.8, 4) is 0 Å². The van der Waals surface area contributed by atoms with Gasteiger partial charge < -0.3 is 15.5 Å². The maximum atomic E-state index is 11.5. The molecule has 0 bridgehead atoms. The molecule has 3 N–H and O–H groups in total. The number of hydrogen-bond donors (Lipinski definition) is 2. The van der Waals surface area contributed by atoms with Crippen LogP contribution >= 0.6 is 0 Å². The van der Waals surface area contributed by atoms with E-state index >= 15 is 0 Å². The van der Waals surface area contributed by atoms with Crippen LogP contribution in [0.15, 0.2) is 34.9 Å². The molecular weight excluding hydrogens is 216 g/mol. The first-order valence-electron chi connectivity index (χ1n) is 5.64. The highest BCUT2D eigenvalue weighted by Crippen LogP contribution is 2.20. The summed E-state index contributed by atoms with van der Waals surface area (Å²) in [7, 11) is 0. The molecule has 0 aliphatic heterocycles.